The first-order valence-electron chi connectivity index (χ1n) is 15.8. The van der Waals surface area contributed by atoms with Gasteiger partial charge in [-0.2, -0.15) is 0 Å². The minimum absolute atomic E-state index is 0.107. The van der Waals surface area contributed by atoms with Crippen molar-refractivity contribution >= 4 is 12.1 Å². The first-order chi connectivity index (χ1) is 20.5. The Labute approximate surface area is 256 Å². The zero-order valence-corrected chi connectivity index (χ0v) is 26.1. The van der Waals surface area contributed by atoms with Gasteiger partial charge in [-0.15, -0.1) is 0 Å². The fourth-order valence-electron chi connectivity index (χ4n) is 5.87. The summed E-state index contributed by atoms with van der Waals surface area (Å²) in [4.78, 5) is 34.6. The number of piperazine rings is 1. The topological polar surface area (TPSA) is 112 Å². The Bertz CT molecular complexity index is 1150. The highest BCUT2D eigenvalue weighted by atomic mass is 16.6. The molecule has 4 rings (SSSR count). The lowest BCUT2D eigenvalue weighted by Gasteiger charge is -2.43. The molecule has 2 aliphatic heterocycles. The number of hydrogen-bond acceptors (Lipinski definition) is 8. The minimum Gasteiger partial charge on any atom is -0.457 e. The SMILES string of the molecule is C/C(=C\C=C\[C@@H](C)c1ccccn1)[C@H]1OC(=O)C[C@H](O)CC[C@@](C)(O)[C@@H](OC(=O)N2CCN(C3CCC3)CC2)/C=C/[C@@H]1C. The number of carbonyl (C=O) groups excluding carboxylic acids is 2. The molecule has 2 fully saturated rings. The molecule has 3 aliphatic rings. The Morgan fingerprint density at radius 3 is 2.58 bits per heavy atom. The van der Waals surface area contributed by atoms with Gasteiger partial charge in [0.1, 0.15) is 11.7 Å². The number of esters is 1. The maximum atomic E-state index is 13.2. The number of ether oxygens (including phenoxy) is 2. The lowest BCUT2D eigenvalue weighted by atomic mass is 9.88. The normalized spacial score (nSPS) is 31.8. The molecule has 1 saturated heterocycles. The van der Waals surface area contributed by atoms with E-state index in [1.165, 1.54) is 19.3 Å². The monoisotopic (exact) mass is 595 g/mol. The summed E-state index contributed by atoms with van der Waals surface area (Å²) >= 11 is 0. The quantitative estimate of drug-likeness (QED) is 0.275. The lowest BCUT2D eigenvalue weighted by Crippen LogP contribution is -2.54. The summed E-state index contributed by atoms with van der Waals surface area (Å²) < 4.78 is 11.8. The van der Waals surface area contributed by atoms with Crippen LogP contribution in [0.5, 0.6) is 0 Å². The number of pyridine rings is 1. The van der Waals surface area contributed by atoms with Gasteiger partial charge in [-0.3, -0.25) is 14.7 Å². The van der Waals surface area contributed by atoms with Crippen LogP contribution in [0.4, 0.5) is 4.79 Å². The molecule has 0 spiro atoms. The van der Waals surface area contributed by atoms with E-state index in [4.69, 9.17) is 9.47 Å². The van der Waals surface area contributed by atoms with Crippen LogP contribution in [0.25, 0.3) is 0 Å². The van der Waals surface area contributed by atoms with Gasteiger partial charge in [0.25, 0.3) is 0 Å². The third kappa shape index (κ3) is 9.24. The lowest BCUT2D eigenvalue weighted by molar-refractivity contribution is -0.151. The highest BCUT2D eigenvalue weighted by molar-refractivity contribution is 5.70. The van der Waals surface area contributed by atoms with Crippen molar-refractivity contribution in [1.29, 1.82) is 0 Å². The van der Waals surface area contributed by atoms with E-state index >= 15 is 0 Å². The van der Waals surface area contributed by atoms with Crippen LogP contribution >= 0.6 is 0 Å². The molecule has 9 nitrogen and oxygen atoms in total. The first kappa shape index (κ1) is 32.9. The molecule has 0 unspecified atom stereocenters. The molecule has 1 aromatic heterocycles. The Morgan fingerprint density at radius 2 is 1.93 bits per heavy atom. The van der Waals surface area contributed by atoms with Crippen molar-refractivity contribution in [3.63, 3.8) is 0 Å². The number of amides is 1. The summed E-state index contributed by atoms with van der Waals surface area (Å²) in [6.07, 6.45) is 12.1. The molecule has 9 heteroatoms. The van der Waals surface area contributed by atoms with Gasteiger partial charge in [-0.05, 0) is 63.3 Å². The van der Waals surface area contributed by atoms with E-state index in [0.29, 0.717) is 19.1 Å². The Morgan fingerprint density at radius 1 is 1.19 bits per heavy atom. The number of aliphatic hydroxyl groups is 2. The smallest absolute Gasteiger partial charge is 0.410 e. The van der Waals surface area contributed by atoms with E-state index in [-0.39, 0.29) is 31.1 Å². The average molecular weight is 596 g/mol. The van der Waals surface area contributed by atoms with E-state index in [9.17, 15) is 19.8 Å². The number of hydrogen-bond donors (Lipinski definition) is 2. The van der Waals surface area contributed by atoms with Crippen LogP contribution in [-0.2, 0) is 14.3 Å². The van der Waals surface area contributed by atoms with E-state index in [1.807, 2.05) is 56.4 Å². The highest BCUT2D eigenvalue weighted by Crippen LogP contribution is 2.29. The van der Waals surface area contributed by atoms with Crippen LogP contribution in [0.3, 0.4) is 0 Å². The van der Waals surface area contributed by atoms with Gasteiger partial charge in [0.2, 0.25) is 0 Å². The van der Waals surface area contributed by atoms with Gasteiger partial charge in [0.15, 0.2) is 6.10 Å². The van der Waals surface area contributed by atoms with Crippen LogP contribution in [0.1, 0.15) is 77.8 Å². The van der Waals surface area contributed by atoms with Crippen molar-refractivity contribution in [3.05, 3.63) is 66.0 Å². The molecule has 0 aromatic carbocycles. The molecule has 6 atom stereocenters. The number of aliphatic hydroxyl groups excluding tert-OH is 1. The second-order valence-electron chi connectivity index (χ2n) is 12.7. The standard InChI is InChI=1S/C34H49N3O6/c1-24(29-13-5-6-18-35-29)9-7-10-25(2)32-26(3)14-15-30(34(4,41)17-16-28(38)23-31(39)43-32)42-33(40)37-21-19-36(20-22-37)27-11-8-12-27/h5-7,9-10,13-15,18,24,26-28,30,32,38,41H,8,11-12,16-17,19-23H2,1-4H3/b9-7+,15-14+,25-10+/t24-,26+,28-,30+,32-,34-/m1/s1. The molecule has 0 radical (unpaired) electrons. The fraction of sp³-hybridized carbons (Fsp3) is 0.618. The number of allylic oxidation sites excluding steroid dienone is 3. The Hall–Kier alpha value is -3.01. The van der Waals surface area contributed by atoms with Gasteiger partial charge >= 0.3 is 12.1 Å². The number of aromatic nitrogens is 1. The minimum atomic E-state index is -1.44. The number of nitrogens with zero attached hydrogens (tertiary/aromatic N) is 3. The molecule has 1 aliphatic carbocycles. The van der Waals surface area contributed by atoms with E-state index < -0.39 is 36.0 Å². The highest BCUT2D eigenvalue weighted by Gasteiger charge is 2.37. The van der Waals surface area contributed by atoms with Crippen molar-refractivity contribution < 1.29 is 29.3 Å². The van der Waals surface area contributed by atoms with Gasteiger partial charge in [-0.1, -0.05) is 50.6 Å². The maximum Gasteiger partial charge on any atom is 0.410 e. The van der Waals surface area contributed by atoms with Crippen molar-refractivity contribution in [2.45, 2.75) is 102 Å². The molecular formula is C34H49N3O6. The number of cyclic esters (lactones) is 1. The summed E-state index contributed by atoms with van der Waals surface area (Å²) in [6.45, 7) is 10.3. The molecule has 2 N–H and O–H groups in total. The van der Waals surface area contributed by atoms with Crippen molar-refractivity contribution in [3.8, 4) is 0 Å². The van der Waals surface area contributed by atoms with Crippen LogP contribution in [0, 0.1) is 5.92 Å². The van der Waals surface area contributed by atoms with Crippen molar-refractivity contribution in [2.24, 2.45) is 5.92 Å². The predicted molar refractivity (Wildman–Crippen MR) is 165 cm³/mol. The maximum absolute atomic E-state index is 13.2. The largest absolute Gasteiger partial charge is 0.457 e. The van der Waals surface area contributed by atoms with Crippen LogP contribution < -0.4 is 0 Å². The molecule has 1 amide bonds. The molecule has 3 heterocycles. The second-order valence-corrected chi connectivity index (χ2v) is 12.7. The predicted octanol–water partition coefficient (Wildman–Crippen LogP) is 4.76. The Balaban J connectivity index is 1.48. The van der Waals surface area contributed by atoms with Crippen LogP contribution in [0.2, 0.25) is 0 Å². The first-order valence-corrected chi connectivity index (χ1v) is 15.8. The summed E-state index contributed by atoms with van der Waals surface area (Å²) in [7, 11) is 0. The molecule has 1 aromatic rings. The van der Waals surface area contributed by atoms with Crippen LogP contribution in [0.15, 0.2) is 60.3 Å². The molecule has 236 valence electrons. The van der Waals surface area contributed by atoms with Gasteiger partial charge in [0, 0.05) is 55.9 Å². The number of rotatable bonds is 6. The second kappa shape index (κ2) is 15.1. The van der Waals surface area contributed by atoms with Gasteiger partial charge in [-0.25, -0.2) is 4.79 Å². The summed E-state index contributed by atoms with van der Waals surface area (Å²) in [6, 6.07) is 6.46. The van der Waals surface area contributed by atoms with E-state index in [1.54, 1.807) is 24.1 Å². The van der Waals surface area contributed by atoms with E-state index in [2.05, 4.69) is 16.8 Å². The Kier molecular flexibility index (Phi) is 11.6. The summed E-state index contributed by atoms with van der Waals surface area (Å²) in [5.41, 5.74) is 0.348. The molecular weight excluding hydrogens is 546 g/mol. The third-order valence-corrected chi connectivity index (χ3v) is 9.08. The van der Waals surface area contributed by atoms with Gasteiger partial charge < -0.3 is 24.6 Å². The van der Waals surface area contributed by atoms with E-state index in [0.717, 1.165) is 24.4 Å². The molecule has 1 saturated carbocycles. The summed E-state index contributed by atoms with van der Waals surface area (Å²) in [5, 5.41) is 22.0. The van der Waals surface area contributed by atoms with Gasteiger partial charge in [0.05, 0.1) is 12.5 Å². The molecule has 43 heavy (non-hydrogen) atoms. The zero-order chi connectivity index (χ0) is 31.0. The average Bonchev–Trinajstić information content (AvgIpc) is 2.96. The zero-order valence-electron chi connectivity index (χ0n) is 26.1. The fourth-order valence-corrected chi connectivity index (χ4v) is 5.87. The third-order valence-electron chi connectivity index (χ3n) is 9.08. The number of carbonyl (C=O) groups is 2. The van der Waals surface area contributed by atoms with Crippen LogP contribution in [-0.4, -0.2) is 93.2 Å². The summed E-state index contributed by atoms with van der Waals surface area (Å²) in [5.74, 6) is -0.683. The van der Waals surface area contributed by atoms with Crippen molar-refractivity contribution in [2.75, 3.05) is 26.2 Å². The van der Waals surface area contributed by atoms with Crippen molar-refractivity contribution in [1.82, 2.24) is 14.8 Å². The molecule has 0 bridgehead atoms.